The van der Waals surface area contributed by atoms with E-state index in [0.717, 1.165) is 22.5 Å². The van der Waals surface area contributed by atoms with Crippen LogP contribution in [0.2, 0.25) is 0 Å². The predicted molar refractivity (Wildman–Crippen MR) is 102 cm³/mol. The Morgan fingerprint density at radius 2 is 2.04 bits per heavy atom. The van der Waals surface area contributed by atoms with E-state index >= 15 is 0 Å². The molecule has 0 fully saturated rings. The molecule has 0 unspecified atom stereocenters. The number of hydrogen-bond donors (Lipinski definition) is 1. The second-order valence-corrected chi connectivity index (χ2v) is 6.44. The van der Waals surface area contributed by atoms with E-state index < -0.39 is 0 Å². The van der Waals surface area contributed by atoms with Gasteiger partial charge in [0.1, 0.15) is 6.07 Å². The summed E-state index contributed by atoms with van der Waals surface area (Å²) >= 11 is 0. The number of pyridine rings is 1. The summed E-state index contributed by atoms with van der Waals surface area (Å²) in [6, 6.07) is 11.5. The molecule has 3 aromatic rings. The minimum absolute atomic E-state index is 0.185. The van der Waals surface area contributed by atoms with E-state index in [9.17, 15) is 4.79 Å². The van der Waals surface area contributed by atoms with Gasteiger partial charge in [0.15, 0.2) is 5.69 Å². The number of hydrogen-bond acceptors (Lipinski definition) is 5. The van der Waals surface area contributed by atoms with E-state index in [-0.39, 0.29) is 11.8 Å². The normalized spacial score (nSPS) is 11.4. The van der Waals surface area contributed by atoms with Crippen molar-refractivity contribution in [2.45, 2.75) is 26.2 Å². The first kappa shape index (κ1) is 18.2. The number of rotatable bonds is 5. The number of carbonyl (C=O) groups is 1. The first-order chi connectivity index (χ1) is 13.0. The van der Waals surface area contributed by atoms with Crippen LogP contribution in [-0.2, 0) is 6.42 Å². The molecule has 0 radical (unpaired) electrons. The van der Waals surface area contributed by atoms with Crippen LogP contribution >= 0.6 is 0 Å². The van der Waals surface area contributed by atoms with Gasteiger partial charge in [-0.3, -0.25) is 14.8 Å². The number of nitrogens with zero attached hydrogens (tertiary/aromatic N) is 4. The van der Waals surface area contributed by atoms with Crippen LogP contribution in [0.4, 0.5) is 5.69 Å². The molecule has 1 N–H and O–H groups in total. The van der Waals surface area contributed by atoms with E-state index in [2.05, 4.69) is 27.2 Å². The zero-order valence-corrected chi connectivity index (χ0v) is 15.2. The number of nitrogens with one attached hydrogen (secondary N) is 1. The van der Waals surface area contributed by atoms with Crippen molar-refractivity contribution >= 4 is 11.6 Å². The van der Waals surface area contributed by atoms with Crippen molar-refractivity contribution in [2.24, 2.45) is 0 Å². The molecule has 3 rings (SSSR count). The van der Waals surface area contributed by atoms with Gasteiger partial charge in [-0.15, -0.1) is 0 Å². The third kappa shape index (κ3) is 4.73. The maximum absolute atomic E-state index is 12.4. The molecule has 0 spiro atoms. The fraction of sp³-hybridized carbons (Fsp3) is 0.190. The maximum Gasteiger partial charge on any atom is 0.257 e. The Kier molecular flexibility index (Phi) is 5.53. The van der Waals surface area contributed by atoms with Crippen LogP contribution in [-0.4, -0.2) is 20.9 Å². The molecule has 0 aliphatic heterocycles. The lowest BCUT2D eigenvalue weighted by Gasteiger charge is -2.13. The highest BCUT2D eigenvalue weighted by Crippen LogP contribution is 2.22. The zero-order valence-electron chi connectivity index (χ0n) is 15.2. The van der Waals surface area contributed by atoms with Gasteiger partial charge in [-0.25, -0.2) is 4.98 Å². The standard InChI is InChI=1S/C21H19N5O/c1-14-6-17(11-23-10-14)21(27)26-18-5-3-4-16(8-18)15(2)7-19-12-25-20(9-22)13-24-19/h3-6,8,10-13,15H,7H2,1-2H3,(H,26,27)/t15-/m1/s1. The lowest BCUT2D eigenvalue weighted by atomic mass is 9.96. The maximum atomic E-state index is 12.4. The lowest BCUT2D eigenvalue weighted by molar-refractivity contribution is 0.102. The van der Waals surface area contributed by atoms with E-state index in [0.29, 0.717) is 17.7 Å². The van der Waals surface area contributed by atoms with E-state index in [1.54, 1.807) is 24.7 Å². The Labute approximate surface area is 157 Å². The molecule has 1 atom stereocenters. The molecule has 6 nitrogen and oxygen atoms in total. The molecule has 0 saturated heterocycles. The molecule has 134 valence electrons. The highest BCUT2D eigenvalue weighted by atomic mass is 16.1. The molecule has 1 aromatic carbocycles. The molecule has 0 saturated carbocycles. The Morgan fingerprint density at radius 3 is 2.74 bits per heavy atom. The predicted octanol–water partition coefficient (Wildman–Crippen LogP) is 3.65. The van der Waals surface area contributed by atoms with Gasteiger partial charge in [0.25, 0.3) is 5.91 Å². The van der Waals surface area contributed by atoms with Crippen LogP contribution in [0.5, 0.6) is 0 Å². The number of amides is 1. The van der Waals surface area contributed by atoms with Crippen molar-refractivity contribution in [1.82, 2.24) is 15.0 Å². The quantitative estimate of drug-likeness (QED) is 0.752. The molecular weight excluding hydrogens is 338 g/mol. The highest BCUT2D eigenvalue weighted by Gasteiger charge is 2.11. The minimum atomic E-state index is -0.186. The summed E-state index contributed by atoms with van der Waals surface area (Å²) in [5.41, 5.74) is 4.41. The van der Waals surface area contributed by atoms with Gasteiger partial charge < -0.3 is 5.32 Å². The van der Waals surface area contributed by atoms with Crippen LogP contribution in [0, 0.1) is 18.3 Å². The lowest BCUT2D eigenvalue weighted by Crippen LogP contribution is -2.12. The molecule has 0 bridgehead atoms. The molecule has 0 aliphatic rings. The van der Waals surface area contributed by atoms with E-state index in [1.165, 1.54) is 6.20 Å². The summed E-state index contributed by atoms with van der Waals surface area (Å²) in [6.45, 7) is 3.99. The van der Waals surface area contributed by atoms with Gasteiger partial charge in [0.05, 0.1) is 17.5 Å². The number of carbonyl (C=O) groups excluding carboxylic acids is 1. The second-order valence-electron chi connectivity index (χ2n) is 6.44. The van der Waals surface area contributed by atoms with Crippen molar-refractivity contribution in [1.29, 1.82) is 5.26 Å². The van der Waals surface area contributed by atoms with Crippen molar-refractivity contribution in [2.75, 3.05) is 5.32 Å². The highest BCUT2D eigenvalue weighted by molar-refractivity contribution is 6.04. The molecule has 0 aliphatic carbocycles. The molecule has 2 heterocycles. The van der Waals surface area contributed by atoms with Gasteiger partial charge in [-0.1, -0.05) is 19.1 Å². The van der Waals surface area contributed by atoms with Crippen molar-refractivity contribution in [3.63, 3.8) is 0 Å². The Hall–Kier alpha value is -3.59. The zero-order chi connectivity index (χ0) is 19.2. The summed E-state index contributed by atoms with van der Waals surface area (Å²) in [4.78, 5) is 24.8. The van der Waals surface area contributed by atoms with Gasteiger partial charge >= 0.3 is 0 Å². The summed E-state index contributed by atoms with van der Waals surface area (Å²) < 4.78 is 0. The van der Waals surface area contributed by atoms with Crippen LogP contribution < -0.4 is 5.32 Å². The van der Waals surface area contributed by atoms with Crippen molar-refractivity contribution < 1.29 is 4.79 Å². The third-order valence-electron chi connectivity index (χ3n) is 4.19. The minimum Gasteiger partial charge on any atom is -0.322 e. The largest absolute Gasteiger partial charge is 0.322 e. The Balaban J connectivity index is 1.70. The van der Waals surface area contributed by atoms with Gasteiger partial charge in [-0.05, 0) is 48.6 Å². The van der Waals surface area contributed by atoms with Crippen molar-refractivity contribution in [3.8, 4) is 6.07 Å². The smallest absolute Gasteiger partial charge is 0.257 e. The number of anilines is 1. The molecular formula is C21H19N5O. The van der Waals surface area contributed by atoms with Gasteiger partial charge in [-0.2, -0.15) is 5.26 Å². The fourth-order valence-electron chi connectivity index (χ4n) is 2.75. The number of benzene rings is 1. The summed E-state index contributed by atoms with van der Waals surface area (Å²) in [7, 11) is 0. The molecule has 6 heteroatoms. The number of nitriles is 1. The molecule has 2 aromatic heterocycles. The SMILES string of the molecule is Cc1cncc(C(=O)Nc2cccc([C@H](C)Cc3cnc(C#N)cn3)c2)c1. The van der Waals surface area contributed by atoms with E-state index in [4.69, 9.17) is 5.26 Å². The average molecular weight is 357 g/mol. The first-order valence-corrected chi connectivity index (χ1v) is 8.59. The number of aryl methyl sites for hydroxylation is 1. The summed E-state index contributed by atoms with van der Waals surface area (Å²) in [5, 5.41) is 11.7. The fourth-order valence-corrected chi connectivity index (χ4v) is 2.75. The first-order valence-electron chi connectivity index (χ1n) is 8.59. The van der Waals surface area contributed by atoms with Crippen LogP contribution in [0.25, 0.3) is 0 Å². The van der Waals surface area contributed by atoms with Crippen LogP contribution in [0.3, 0.4) is 0 Å². The molecule has 1 amide bonds. The Bertz CT molecular complexity index is 992. The van der Waals surface area contributed by atoms with Crippen molar-refractivity contribution in [3.05, 3.63) is 83.2 Å². The van der Waals surface area contributed by atoms with E-state index in [1.807, 2.05) is 37.3 Å². The summed E-state index contributed by atoms with van der Waals surface area (Å²) in [5.74, 6) is -0.00122. The van der Waals surface area contributed by atoms with Crippen LogP contribution in [0.1, 0.15) is 45.7 Å². The second kappa shape index (κ2) is 8.19. The van der Waals surface area contributed by atoms with Gasteiger partial charge in [0, 0.05) is 24.3 Å². The van der Waals surface area contributed by atoms with Gasteiger partial charge in [0.2, 0.25) is 0 Å². The molecule has 27 heavy (non-hydrogen) atoms. The topological polar surface area (TPSA) is 91.6 Å². The Morgan fingerprint density at radius 1 is 1.19 bits per heavy atom. The average Bonchev–Trinajstić information content (AvgIpc) is 2.68. The van der Waals surface area contributed by atoms with Crippen LogP contribution in [0.15, 0.2) is 55.1 Å². The number of aromatic nitrogens is 3. The summed E-state index contributed by atoms with van der Waals surface area (Å²) in [6.07, 6.45) is 7.07. The third-order valence-corrected chi connectivity index (χ3v) is 4.19. The monoisotopic (exact) mass is 357 g/mol.